The summed E-state index contributed by atoms with van der Waals surface area (Å²) in [6.45, 7) is 2.02. The van der Waals surface area contributed by atoms with Crippen molar-refractivity contribution in [2.24, 2.45) is 11.7 Å². The van der Waals surface area contributed by atoms with Crippen molar-refractivity contribution in [3.8, 4) is 0 Å². The minimum atomic E-state index is -0.108. The Kier molecular flexibility index (Phi) is 3.56. The van der Waals surface area contributed by atoms with E-state index in [0.717, 1.165) is 31.5 Å². The maximum absolute atomic E-state index is 13.5. The molecule has 0 aliphatic carbocycles. The molecule has 0 amide bonds. The lowest BCUT2D eigenvalue weighted by atomic mass is 9.87. The summed E-state index contributed by atoms with van der Waals surface area (Å²) in [6, 6.07) is 7.20. The highest BCUT2D eigenvalue weighted by molar-refractivity contribution is 5.18. The van der Waals surface area contributed by atoms with E-state index in [1.165, 1.54) is 6.07 Å². The largest absolute Gasteiger partial charge is 0.327 e. The van der Waals surface area contributed by atoms with Gasteiger partial charge in [-0.1, -0.05) is 18.2 Å². The van der Waals surface area contributed by atoms with E-state index in [1.807, 2.05) is 12.1 Å². The lowest BCUT2D eigenvalue weighted by Gasteiger charge is -2.34. The Hall–Kier alpha value is -0.930. The van der Waals surface area contributed by atoms with Crippen LogP contribution in [0.1, 0.15) is 12.0 Å². The standard InChI is InChI=1S/C13H19FN2/c1-16-7-6-13(15)11(9-16)8-10-4-2-3-5-12(10)14/h2-5,11,13H,6-9,15H2,1H3. The number of rotatable bonds is 2. The predicted octanol–water partition coefficient (Wildman–Crippen LogP) is 1.65. The van der Waals surface area contributed by atoms with Crippen LogP contribution in [-0.2, 0) is 6.42 Å². The van der Waals surface area contributed by atoms with Crippen LogP contribution in [0.3, 0.4) is 0 Å². The van der Waals surface area contributed by atoms with Crippen molar-refractivity contribution in [2.45, 2.75) is 18.9 Å². The number of nitrogens with zero attached hydrogens (tertiary/aromatic N) is 1. The van der Waals surface area contributed by atoms with E-state index in [2.05, 4.69) is 11.9 Å². The smallest absolute Gasteiger partial charge is 0.126 e. The van der Waals surface area contributed by atoms with Crippen LogP contribution in [0.4, 0.5) is 4.39 Å². The molecule has 16 heavy (non-hydrogen) atoms. The molecule has 1 saturated heterocycles. The number of piperidine rings is 1. The van der Waals surface area contributed by atoms with Crippen molar-refractivity contribution in [3.05, 3.63) is 35.6 Å². The van der Waals surface area contributed by atoms with Gasteiger partial charge in [0.05, 0.1) is 0 Å². The monoisotopic (exact) mass is 222 g/mol. The van der Waals surface area contributed by atoms with Crippen molar-refractivity contribution in [2.75, 3.05) is 20.1 Å². The highest BCUT2D eigenvalue weighted by Gasteiger charge is 2.25. The molecule has 1 aliphatic heterocycles. The molecular weight excluding hydrogens is 203 g/mol. The van der Waals surface area contributed by atoms with Gasteiger partial charge in [-0.3, -0.25) is 0 Å². The molecular formula is C13H19FN2. The fourth-order valence-corrected chi connectivity index (χ4v) is 2.39. The molecule has 0 bridgehead atoms. The van der Waals surface area contributed by atoms with Crippen LogP contribution in [0, 0.1) is 11.7 Å². The third kappa shape index (κ3) is 2.60. The number of benzene rings is 1. The van der Waals surface area contributed by atoms with Crippen molar-refractivity contribution in [3.63, 3.8) is 0 Å². The summed E-state index contributed by atoms with van der Waals surface area (Å²) >= 11 is 0. The van der Waals surface area contributed by atoms with Crippen LogP contribution in [0.5, 0.6) is 0 Å². The van der Waals surface area contributed by atoms with Gasteiger partial charge in [-0.2, -0.15) is 0 Å². The lowest BCUT2D eigenvalue weighted by molar-refractivity contribution is 0.184. The zero-order valence-corrected chi connectivity index (χ0v) is 9.70. The molecule has 0 spiro atoms. The van der Waals surface area contributed by atoms with E-state index in [-0.39, 0.29) is 11.9 Å². The number of hydrogen-bond donors (Lipinski definition) is 1. The van der Waals surface area contributed by atoms with Gasteiger partial charge in [-0.05, 0) is 44.0 Å². The molecule has 0 radical (unpaired) electrons. The molecule has 2 rings (SSSR count). The first-order valence-corrected chi connectivity index (χ1v) is 5.84. The zero-order valence-electron chi connectivity index (χ0n) is 9.70. The molecule has 1 aliphatic rings. The summed E-state index contributed by atoms with van der Waals surface area (Å²) in [5.74, 6) is 0.263. The summed E-state index contributed by atoms with van der Waals surface area (Å²) in [4.78, 5) is 2.27. The molecule has 2 N–H and O–H groups in total. The van der Waals surface area contributed by atoms with Gasteiger partial charge in [0.1, 0.15) is 5.82 Å². The summed E-state index contributed by atoms with van der Waals surface area (Å²) in [7, 11) is 2.10. The normalized spacial score (nSPS) is 26.9. The second kappa shape index (κ2) is 4.93. The third-order valence-corrected chi connectivity index (χ3v) is 3.44. The fourth-order valence-electron chi connectivity index (χ4n) is 2.39. The second-order valence-electron chi connectivity index (χ2n) is 4.77. The minimum Gasteiger partial charge on any atom is -0.327 e. The first-order valence-electron chi connectivity index (χ1n) is 5.84. The molecule has 2 nitrogen and oxygen atoms in total. The molecule has 0 saturated carbocycles. The van der Waals surface area contributed by atoms with E-state index in [1.54, 1.807) is 6.07 Å². The Morgan fingerprint density at radius 1 is 1.44 bits per heavy atom. The Labute approximate surface area is 96.2 Å². The van der Waals surface area contributed by atoms with Crippen molar-refractivity contribution in [1.29, 1.82) is 0 Å². The van der Waals surface area contributed by atoms with E-state index in [4.69, 9.17) is 5.73 Å². The Morgan fingerprint density at radius 2 is 2.19 bits per heavy atom. The first kappa shape index (κ1) is 11.6. The Balaban J connectivity index is 2.06. The highest BCUT2D eigenvalue weighted by atomic mass is 19.1. The van der Waals surface area contributed by atoms with Gasteiger partial charge >= 0.3 is 0 Å². The molecule has 2 atom stereocenters. The van der Waals surface area contributed by atoms with E-state index in [0.29, 0.717) is 5.92 Å². The second-order valence-corrected chi connectivity index (χ2v) is 4.77. The molecule has 1 fully saturated rings. The molecule has 1 aromatic rings. The van der Waals surface area contributed by atoms with Gasteiger partial charge in [0.2, 0.25) is 0 Å². The molecule has 88 valence electrons. The van der Waals surface area contributed by atoms with E-state index in [9.17, 15) is 4.39 Å². The van der Waals surface area contributed by atoms with Gasteiger partial charge in [-0.15, -0.1) is 0 Å². The van der Waals surface area contributed by atoms with Gasteiger partial charge in [0.25, 0.3) is 0 Å². The fraction of sp³-hybridized carbons (Fsp3) is 0.538. The third-order valence-electron chi connectivity index (χ3n) is 3.44. The topological polar surface area (TPSA) is 29.3 Å². The van der Waals surface area contributed by atoms with Crippen molar-refractivity contribution < 1.29 is 4.39 Å². The Bertz CT molecular complexity index is 354. The quantitative estimate of drug-likeness (QED) is 0.824. The molecule has 3 heteroatoms. The summed E-state index contributed by atoms with van der Waals surface area (Å²) < 4.78 is 13.5. The number of nitrogens with two attached hydrogens (primary N) is 1. The maximum atomic E-state index is 13.5. The number of hydrogen-bond acceptors (Lipinski definition) is 2. The number of likely N-dealkylation sites (tertiary alicyclic amines) is 1. The van der Waals surface area contributed by atoms with Crippen LogP contribution in [0.25, 0.3) is 0 Å². The first-order chi connectivity index (χ1) is 7.66. The SMILES string of the molecule is CN1CCC(N)C(Cc2ccccc2F)C1. The summed E-state index contributed by atoms with van der Waals surface area (Å²) in [5.41, 5.74) is 6.88. The van der Waals surface area contributed by atoms with Gasteiger partial charge in [0, 0.05) is 12.6 Å². The summed E-state index contributed by atoms with van der Waals surface area (Å²) in [5, 5.41) is 0. The van der Waals surface area contributed by atoms with Crippen LogP contribution in [-0.4, -0.2) is 31.1 Å². The van der Waals surface area contributed by atoms with Gasteiger partial charge < -0.3 is 10.6 Å². The average Bonchev–Trinajstić information content (AvgIpc) is 2.27. The van der Waals surface area contributed by atoms with Crippen LogP contribution in [0.15, 0.2) is 24.3 Å². The summed E-state index contributed by atoms with van der Waals surface area (Å²) in [6.07, 6.45) is 1.76. The van der Waals surface area contributed by atoms with Crippen LogP contribution >= 0.6 is 0 Å². The molecule has 2 unspecified atom stereocenters. The van der Waals surface area contributed by atoms with Crippen molar-refractivity contribution in [1.82, 2.24) is 4.90 Å². The van der Waals surface area contributed by atoms with Crippen LogP contribution < -0.4 is 5.73 Å². The minimum absolute atomic E-state index is 0.108. The van der Waals surface area contributed by atoms with Crippen molar-refractivity contribution >= 4 is 0 Å². The van der Waals surface area contributed by atoms with Crippen LogP contribution in [0.2, 0.25) is 0 Å². The maximum Gasteiger partial charge on any atom is 0.126 e. The lowest BCUT2D eigenvalue weighted by Crippen LogP contribution is -2.46. The average molecular weight is 222 g/mol. The highest BCUT2D eigenvalue weighted by Crippen LogP contribution is 2.20. The van der Waals surface area contributed by atoms with E-state index >= 15 is 0 Å². The van der Waals surface area contributed by atoms with Gasteiger partial charge in [0.15, 0.2) is 0 Å². The van der Waals surface area contributed by atoms with Gasteiger partial charge in [-0.25, -0.2) is 4.39 Å². The predicted molar refractivity (Wildman–Crippen MR) is 63.7 cm³/mol. The Morgan fingerprint density at radius 3 is 2.94 bits per heavy atom. The molecule has 1 aromatic carbocycles. The number of halogens is 1. The van der Waals surface area contributed by atoms with E-state index < -0.39 is 0 Å². The zero-order chi connectivity index (χ0) is 11.5. The molecule has 1 heterocycles. The molecule has 0 aromatic heterocycles.